The highest BCUT2D eigenvalue weighted by Crippen LogP contribution is 2.44. The van der Waals surface area contributed by atoms with E-state index in [0.29, 0.717) is 12.4 Å². The zero-order valence-corrected chi connectivity index (χ0v) is 18.5. The van der Waals surface area contributed by atoms with Gasteiger partial charge in [0.05, 0.1) is 0 Å². The first-order chi connectivity index (χ1) is 15.1. The molecule has 1 spiro atoms. The maximum atomic E-state index is 12.9. The number of carbonyl (C=O) groups is 1. The van der Waals surface area contributed by atoms with E-state index in [2.05, 4.69) is 63.5 Å². The molecule has 1 unspecified atom stereocenters. The Kier molecular flexibility index (Phi) is 5.20. The molecule has 0 aliphatic carbocycles. The summed E-state index contributed by atoms with van der Waals surface area (Å²) in [5, 5.41) is 6.42. The predicted molar refractivity (Wildman–Crippen MR) is 124 cm³/mol. The molecule has 2 N–H and O–H groups in total. The Morgan fingerprint density at radius 2 is 1.90 bits per heavy atom. The molecule has 2 fully saturated rings. The van der Waals surface area contributed by atoms with Crippen molar-refractivity contribution < 1.29 is 4.79 Å². The van der Waals surface area contributed by atoms with Crippen molar-refractivity contribution in [1.29, 1.82) is 0 Å². The van der Waals surface area contributed by atoms with Gasteiger partial charge in [-0.2, -0.15) is 4.98 Å². The third-order valence-electron chi connectivity index (χ3n) is 7.16. The van der Waals surface area contributed by atoms with E-state index in [1.54, 1.807) is 0 Å². The molecule has 7 nitrogen and oxygen atoms in total. The van der Waals surface area contributed by atoms with Crippen LogP contribution in [0.25, 0.3) is 0 Å². The average molecular weight is 421 g/mol. The van der Waals surface area contributed by atoms with Gasteiger partial charge in [-0.1, -0.05) is 13.8 Å². The number of nitrogens with zero attached hydrogens (tertiary/aromatic N) is 4. The molecule has 164 valence electrons. The van der Waals surface area contributed by atoms with Crippen LogP contribution < -0.4 is 20.4 Å². The van der Waals surface area contributed by atoms with Crippen LogP contribution in [0.1, 0.15) is 51.5 Å². The minimum absolute atomic E-state index is 0.129. The molecule has 0 saturated carbocycles. The molecule has 2 aromatic rings. The second-order valence-electron chi connectivity index (χ2n) is 8.96. The van der Waals surface area contributed by atoms with Crippen molar-refractivity contribution in [3.63, 3.8) is 0 Å². The van der Waals surface area contributed by atoms with Gasteiger partial charge in [-0.25, -0.2) is 4.98 Å². The van der Waals surface area contributed by atoms with E-state index in [1.807, 2.05) is 6.20 Å². The fourth-order valence-electron chi connectivity index (χ4n) is 5.49. The summed E-state index contributed by atoms with van der Waals surface area (Å²) in [5.74, 6) is 1.63. The molecule has 0 radical (unpaired) electrons. The minimum Gasteiger partial charge on any atom is -0.372 e. The molecule has 1 aromatic heterocycles. The van der Waals surface area contributed by atoms with E-state index in [4.69, 9.17) is 4.98 Å². The lowest BCUT2D eigenvalue weighted by atomic mass is 9.90. The number of amides is 1. The highest BCUT2D eigenvalue weighted by atomic mass is 16.2. The Bertz CT molecular complexity index is 951. The topological polar surface area (TPSA) is 73.4 Å². The molecule has 7 heteroatoms. The zero-order chi connectivity index (χ0) is 21.4. The quantitative estimate of drug-likeness (QED) is 0.744. The number of hydrogen-bond donors (Lipinski definition) is 2. The molecular weight excluding hydrogens is 388 g/mol. The highest BCUT2D eigenvalue weighted by Gasteiger charge is 2.54. The van der Waals surface area contributed by atoms with Crippen molar-refractivity contribution in [1.82, 2.24) is 15.3 Å². The minimum atomic E-state index is -0.510. The first kappa shape index (κ1) is 20.1. The number of hydrogen-bond acceptors (Lipinski definition) is 6. The van der Waals surface area contributed by atoms with Gasteiger partial charge in [0.1, 0.15) is 11.4 Å². The van der Waals surface area contributed by atoms with Crippen molar-refractivity contribution in [2.75, 3.05) is 34.8 Å². The Balaban J connectivity index is 1.42. The van der Waals surface area contributed by atoms with Crippen LogP contribution in [0, 0.1) is 0 Å². The van der Waals surface area contributed by atoms with Crippen LogP contribution in [0.3, 0.4) is 0 Å². The molecule has 1 atom stereocenters. The molecule has 4 heterocycles. The molecule has 31 heavy (non-hydrogen) atoms. The molecular formula is C24H32N6O. The summed E-state index contributed by atoms with van der Waals surface area (Å²) in [6.45, 7) is 7.39. The second kappa shape index (κ2) is 8.02. The molecule has 0 bridgehead atoms. The van der Waals surface area contributed by atoms with Crippen molar-refractivity contribution in [3.8, 4) is 0 Å². The van der Waals surface area contributed by atoms with Gasteiger partial charge in [0.15, 0.2) is 0 Å². The largest absolute Gasteiger partial charge is 0.372 e. The number of carbonyl (C=O) groups excluding carboxylic acids is 1. The Labute approximate surface area is 184 Å². The number of fused-ring (bicyclic) bond motifs is 1. The van der Waals surface area contributed by atoms with E-state index in [1.165, 1.54) is 18.5 Å². The third-order valence-corrected chi connectivity index (χ3v) is 7.16. The first-order valence-corrected chi connectivity index (χ1v) is 11.7. The fourth-order valence-corrected chi connectivity index (χ4v) is 5.49. The zero-order valence-electron chi connectivity index (χ0n) is 18.5. The maximum Gasteiger partial charge on any atom is 0.246 e. The predicted octanol–water partition coefficient (Wildman–Crippen LogP) is 3.63. The van der Waals surface area contributed by atoms with E-state index in [0.717, 1.165) is 56.0 Å². The SMILES string of the molecule is CCC(CC)N1c2nc(Nc3ccc(N4CCCC4)cc3)ncc2CC12CCNC2=O. The normalized spacial score (nSPS) is 22.5. The van der Waals surface area contributed by atoms with Gasteiger partial charge >= 0.3 is 0 Å². The number of rotatable bonds is 6. The molecule has 3 aliphatic rings. The number of benzene rings is 1. The smallest absolute Gasteiger partial charge is 0.246 e. The van der Waals surface area contributed by atoms with Gasteiger partial charge in [0.25, 0.3) is 0 Å². The standard InChI is InChI=1S/C24H32N6O/c1-3-19(4-2)30-21-17(15-24(30)11-12-25-22(24)31)16-26-23(28-21)27-18-7-9-20(10-8-18)29-13-5-6-14-29/h7-10,16,19H,3-6,11-15H2,1-2H3,(H,25,31)(H,26,27,28). The highest BCUT2D eigenvalue weighted by molar-refractivity contribution is 5.94. The lowest BCUT2D eigenvalue weighted by molar-refractivity contribution is -0.123. The molecule has 1 aromatic carbocycles. The fraction of sp³-hybridized carbons (Fsp3) is 0.542. The summed E-state index contributed by atoms with van der Waals surface area (Å²) < 4.78 is 0. The molecule has 1 amide bonds. The maximum absolute atomic E-state index is 12.9. The third kappa shape index (κ3) is 3.40. The number of nitrogens with one attached hydrogen (secondary N) is 2. The summed E-state index contributed by atoms with van der Waals surface area (Å²) in [6, 6.07) is 8.79. The number of aromatic nitrogens is 2. The monoisotopic (exact) mass is 420 g/mol. The van der Waals surface area contributed by atoms with Crippen LogP contribution in [0.5, 0.6) is 0 Å². The van der Waals surface area contributed by atoms with E-state index >= 15 is 0 Å². The van der Waals surface area contributed by atoms with Crippen molar-refractivity contribution in [2.45, 2.75) is 64.0 Å². The van der Waals surface area contributed by atoms with Crippen LogP contribution in [0.2, 0.25) is 0 Å². The summed E-state index contributed by atoms with van der Waals surface area (Å²) in [6.07, 6.45) is 7.92. The summed E-state index contributed by atoms with van der Waals surface area (Å²) in [5.41, 5.74) is 2.80. The van der Waals surface area contributed by atoms with E-state index in [-0.39, 0.29) is 11.9 Å². The van der Waals surface area contributed by atoms with Gasteiger partial charge in [-0.3, -0.25) is 4.79 Å². The van der Waals surface area contributed by atoms with Crippen molar-refractivity contribution in [3.05, 3.63) is 36.0 Å². The molecule has 3 aliphatic heterocycles. The van der Waals surface area contributed by atoms with Crippen LogP contribution in [-0.4, -0.2) is 47.1 Å². The van der Waals surface area contributed by atoms with Gasteiger partial charge in [0, 0.05) is 55.2 Å². The van der Waals surface area contributed by atoms with Gasteiger partial charge < -0.3 is 20.4 Å². The van der Waals surface area contributed by atoms with E-state index < -0.39 is 5.54 Å². The first-order valence-electron chi connectivity index (χ1n) is 11.7. The van der Waals surface area contributed by atoms with Crippen molar-refractivity contribution >= 4 is 29.0 Å². The van der Waals surface area contributed by atoms with Crippen LogP contribution in [-0.2, 0) is 11.2 Å². The van der Waals surface area contributed by atoms with Crippen LogP contribution in [0.4, 0.5) is 23.1 Å². The second-order valence-corrected chi connectivity index (χ2v) is 8.96. The number of anilines is 4. The lowest BCUT2D eigenvalue weighted by Crippen LogP contribution is -2.56. The Morgan fingerprint density at radius 3 is 2.55 bits per heavy atom. The van der Waals surface area contributed by atoms with Crippen LogP contribution in [0.15, 0.2) is 30.5 Å². The summed E-state index contributed by atoms with van der Waals surface area (Å²) in [7, 11) is 0. The van der Waals surface area contributed by atoms with Crippen molar-refractivity contribution in [2.24, 2.45) is 0 Å². The van der Waals surface area contributed by atoms with Crippen LogP contribution >= 0.6 is 0 Å². The van der Waals surface area contributed by atoms with E-state index in [9.17, 15) is 4.79 Å². The Hall–Kier alpha value is -2.83. The molecule has 2 saturated heterocycles. The Morgan fingerprint density at radius 1 is 1.16 bits per heavy atom. The van der Waals surface area contributed by atoms with Gasteiger partial charge in [-0.15, -0.1) is 0 Å². The average Bonchev–Trinajstić information content (AvgIpc) is 3.51. The molecule has 5 rings (SSSR count). The van der Waals surface area contributed by atoms with Gasteiger partial charge in [0.2, 0.25) is 11.9 Å². The summed E-state index contributed by atoms with van der Waals surface area (Å²) in [4.78, 5) is 27.1. The lowest BCUT2D eigenvalue weighted by Gasteiger charge is -2.39. The van der Waals surface area contributed by atoms with Gasteiger partial charge in [-0.05, 0) is 56.4 Å². The summed E-state index contributed by atoms with van der Waals surface area (Å²) >= 11 is 0.